The zero-order valence-corrected chi connectivity index (χ0v) is 18.7. The lowest BCUT2D eigenvalue weighted by atomic mass is 10.0. The van der Waals surface area contributed by atoms with E-state index >= 15 is 0 Å². The maximum absolute atomic E-state index is 13.4. The Morgan fingerprint density at radius 1 is 1.03 bits per heavy atom. The monoisotopic (exact) mass is 464 g/mol. The molecule has 0 fully saturated rings. The average molecular weight is 464 g/mol. The molecule has 168 valence electrons. The molecule has 0 N–H and O–H groups in total. The fourth-order valence-corrected chi connectivity index (χ4v) is 5.02. The third kappa shape index (κ3) is 4.22. The Balaban J connectivity index is 1.84. The van der Waals surface area contributed by atoms with E-state index in [0.29, 0.717) is 28.5 Å². The van der Waals surface area contributed by atoms with Gasteiger partial charge in [-0.1, -0.05) is 29.8 Å². The highest BCUT2D eigenvalue weighted by Gasteiger charge is 2.23. The molecule has 0 aliphatic heterocycles. The van der Waals surface area contributed by atoms with Gasteiger partial charge in [0.25, 0.3) is 15.7 Å². The molecule has 4 rings (SSSR count). The summed E-state index contributed by atoms with van der Waals surface area (Å²) in [5, 5.41) is 11.8. The number of nitro benzene ring substituents is 1. The van der Waals surface area contributed by atoms with Crippen LogP contribution in [0.1, 0.15) is 27.0 Å². The molecule has 0 radical (unpaired) electrons. The number of hydrogen-bond donors (Lipinski definition) is 0. The highest BCUT2D eigenvalue weighted by molar-refractivity contribution is 7.90. The number of carbonyl (C=O) groups excluding carboxylic acids is 1. The van der Waals surface area contributed by atoms with Crippen LogP contribution in [-0.4, -0.2) is 30.4 Å². The van der Waals surface area contributed by atoms with Crippen LogP contribution in [0.2, 0.25) is 0 Å². The second-order valence-electron chi connectivity index (χ2n) is 7.59. The van der Waals surface area contributed by atoms with E-state index < -0.39 is 20.9 Å². The van der Waals surface area contributed by atoms with Crippen LogP contribution in [0.25, 0.3) is 10.9 Å². The van der Waals surface area contributed by atoms with Gasteiger partial charge in [0.2, 0.25) is 0 Å². The number of non-ortho nitro benzene ring substituents is 1. The molecular weight excluding hydrogens is 444 g/mol. The summed E-state index contributed by atoms with van der Waals surface area (Å²) in [6, 6.07) is 17.3. The largest absolute Gasteiger partial charge is 0.465 e. The predicted molar refractivity (Wildman–Crippen MR) is 123 cm³/mol. The minimum atomic E-state index is -3.92. The molecule has 0 aliphatic rings. The van der Waals surface area contributed by atoms with Crippen molar-refractivity contribution in [2.45, 2.75) is 18.2 Å². The van der Waals surface area contributed by atoms with Crippen molar-refractivity contribution in [3.05, 3.63) is 105 Å². The number of hydrogen-bond acceptors (Lipinski definition) is 6. The van der Waals surface area contributed by atoms with Crippen LogP contribution in [0.3, 0.4) is 0 Å². The number of rotatable bonds is 6. The van der Waals surface area contributed by atoms with Crippen LogP contribution in [0, 0.1) is 17.0 Å². The topological polar surface area (TPSA) is 109 Å². The van der Waals surface area contributed by atoms with Crippen LogP contribution >= 0.6 is 0 Å². The first kappa shape index (κ1) is 22.2. The Hall–Kier alpha value is -3.98. The number of nitrogens with zero attached hydrogens (tertiary/aromatic N) is 2. The van der Waals surface area contributed by atoms with Gasteiger partial charge < -0.3 is 4.74 Å². The van der Waals surface area contributed by atoms with Crippen LogP contribution < -0.4 is 0 Å². The highest BCUT2D eigenvalue weighted by Crippen LogP contribution is 2.31. The molecular formula is C24H20N2O6S. The molecule has 0 aliphatic carbocycles. The van der Waals surface area contributed by atoms with Gasteiger partial charge in [0.15, 0.2) is 0 Å². The number of aryl methyl sites for hydroxylation is 1. The first-order valence-corrected chi connectivity index (χ1v) is 11.4. The Morgan fingerprint density at radius 2 is 1.70 bits per heavy atom. The smallest absolute Gasteiger partial charge is 0.337 e. The van der Waals surface area contributed by atoms with Crippen molar-refractivity contribution >= 4 is 32.6 Å². The predicted octanol–water partition coefficient (Wildman–Crippen LogP) is 4.47. The number of fused-ring (bicyclic) bond motifs is 1. The number of carbonyl (C=O) groups is 1. The Kier molecular flexibility index (Phi) is 5.73. The molecule has 33 heavy (non-hydrogen) atoms. The second kappa shape index (κ2) is 8.51. The van der Waals surface area contributed by atoms with E-state index in [1.807, 2.05) is 6.92 Å². The van der Waals surface area contributed by atoms with Crippen molar-refractivity contribution in [1.29, 1.82) is 0 Å². The van der Waals surface area contributed by atoms with Gasteiger partial charge >= 0.3 is 5.97 Å². The van der Waals surface area contributed by atoms with Gasteiger partial charge in [-0.3, -0.25) is 10.1 Å². The van der Waals surface area contributed by atoms with E-state index in [1.54, 1.807) is 36.4 Å². The first-order valence-electron chi connectivity index (χ1n) is 9.98. The molecule has 0 bridgehead atoms. The summed E-state index contributed by atoms with van der Waals surface area (Å²) in [7, 11) is -2.62. The molecule has 0 saturated heterocycles. The molecule has 4 aromatic rings. The molecule has 8 nitrogen and oxygen atoms in total. The zero-order valence-electron chi connectivity index (χ0n) is 17.9. The van der Waals surface area contributed by atoms with E-state index in [0.717, 1.165) is 15.1 Å². The summed E-state index contributed by atoms with van der Waals surface area (Å²) < 4.78 is 32.6. The van der Waals surface area contributed by atoms with Gasteiger partial charge in [-0.25, -0.2) is 17.2 Å². The molecule has 3 aromatic carbocycles. The molecule has 0 atom stereocenters. The van der Waals surface area contributed by atoms with E-state index in [1.165, 1.54) is 43.6 Å². The maximum Gasteiger partial charge on any atom is 0.337 e. The quantitative estimate of drug-likeness (QED) is 0.237. The average Bonchev–Trinajstić information content (AvgIpc) is 3.17. The number of benzene rings is 3. The van der Waals surface area contributed by atoms with Crippen LogP contribution in [0.4, 0.5) is 5.69 Å². The number of ether oxygens (including phenoxy) is 1. The van der Waals surface area contributed by atoms with Crippen molar-refractivity contribution in [3.63, 3.8) is 0 Å². The van der Waals surface area contributed by atoms with Gasteiger partial charge in [-0.2, -0.15) is 0 Å². The van der Waals surface area contributed by atoms with Crippen molar-refractivity contribution < 1.29 is 22.9 Å². The van der Waals surface area contributed by atoms with Gasteiger partial charge in [-0.15, -0.1) is 0 Å². The number of aromatic nitrogens is 1. The van der Waals surface area contributed by atoms with Crippen LogP contribution in [0.5, 0.6) is 0 Å². The molecule has 0 unspecified atom stereocenters. The Bertz CT molecular complexity index is 1470. The minimum absolute atomic E-state index is 0.123. The fraction of sp³-hybridized carbons (Fsp3) is 0.125. The molecule has 0 saturated carbocycles. The lowest BCUT2D eigenvalue weighted by Crippen LogP contribution is -2.11. The Labute approximate surface area is 190 Å². The van der Waals surface area contributed by atoms with Gasteiger partial charge in [0, 0.05) is 23.7 Å². The van der Waals surface area contributed by atoms with E-state index in [2.05, 4.69) is 0 Å². The van der Waals surface area contributed by atoms with Crippen LogP contribution in [0.15, 0.2) is 77.8 Å². The first-order chi connectivity index (χ1) is 15.7. The van der Waals surface area contributed by atoms with Gasteiger partial charge in [0.1, 0.15) is 0 Å². The highest BCUT2D eigenvalue weighted by atomic mass is 32.2. The molecule has 0 amide bonds. The van der Waals surface area contributed by atoms with Crippen molar-refractivity contribution in [2.75, 3.05) is 7.11 Å². The maximum atomic E-state index is 13.4. The fourth-order valence-electron chi connectivity index (χ4n) is 3.63. The summed E-state index contributed by atoms with van der Waals surface area (Å²) in [5.74, 6) is -0.460. The van der Waals surface area contributed by atoms with Crippen LogP contribution in [-0.2, 0) is 21.2 Å². The van der Waals surface area contributed by atoms with Crippen molar-refractivity contribution in [3.8, 4) is 0 Å². The molecule has 9 heteroatoms. The summed E-state index contributed by atoms with van der Waals surface area (Å²) in [4.78, 5) is 22.6. The van der Waals surface area contributed by atoms with Gasteiger partial charge in [0.05, 0.1) is 28.0 Å². The van der Waals surface area contributed by atoms with Gasteiger partial charge in [-0.05, 0) is 54.8 Å². The SMILES string of the molecule is COC(=O)c1ccc(Cc2cn(S(=O)(=O)c3ccc(C)cc3)c3ccc([N+](=O)[O-])cc23)cc1. The van der Waals surface area contributed by atoms with E-state index in [-0.39, 0.29) is 10.6 Å². The van der Waals surface area contributed by atoms with Crippen molar-refractivity contribution in [1.82, 2.24) is 3.97 Å². The number of methoxy groups -OCH3 is 1. The lowest BCUT2D eigenvalue weighted by Gasteiger charge is -2.08. The summed E-state index contributed by atoms with van der Waals surface area (Å²) in [5.41, 5.74) is 2.95. The third-order valence-corrected chi connectivity index (χ3v) is 7.08. The third-order valence-electron chi connectivity index (χ3n) is 5.39. The molecule has 0 spiro atoms. The zero-order chi connectivity index (χ0) is 23.8. The van der Waals surface area contributed by atoms with E-state index in [9.17, 15) is 23.3 Å². The lowest BCUT2D eigenvalue weighted by molar-refractivity contribution is -0.384. The molecule has 1 aromatic heterocycles. The van der Waals surface area contributed by atoms with E-state index in [4.69, 9.17) is 4.74 Å². The minimum Gasteiger partial charge on any atom is -0.465 e. The standard InChI is InChI=1S/C24H20N2O6S/c1-16-3-10-21(11-4-16)33(30,31)25-15-19(22-14-20(26(28)29)9-12-23(22)25)13-17-5-7-18(8-6-17)24(27)32-2/h3-12,14-15H,13H2,1-2H3. The summed E-state index contributed by atoms with van der Waals surface area (Å²) >= 11 is 0. The van der Waals surface area contributed by atoms with Crippen molar-refractivity contribution in [2.24, 2.45) is 0 Å². The number of esters is 1. The Morgan fingerprint density at radius 3 is 2.30 bits per heavy atom. The molecule has 1 heterocycles. The summed E-state index contributed by atoms with van der Waals surface area (Å²) in [6.45, 7) is 1.87. The number of nitro groups is 1. The second-order valence-corrected chi connectivity index (χ2v) is 9.41. The summed E-state index contributed by atoms with van der Waals surface area (Å²) in [6.07, 6.45) is 1.81. The normalized spacial score (nSPS) is 11.5.